The molecule has 0 saturated carbocycles. The third kappa shape index (κ3) is 6.10. The zero-order valence-corrected chi connectivity index (χ0v) is 12.9. The number of aromatic nitrogens is 1. The smallest absolute Gasteiger partial charge is 0.238 e. The third-order valence-electron chi connectivity index (χ3n) is 2.57. The van der Waals surface area contributed by atoms with Gasteiger partial charge in [0, 0.05) is 12.6 Å². The van der Waals surface area contributed by atoms with E-state index in [-0.39, 0.29) is 22.8 Å². The number of anilines is 1. The van der Waals surface area contributed by atoms with Crippen LogP contribution < -0.4 is 10.6 Å². The van der Waals surface area contributed by atoms with Gasteiger partial charge in [-0.25, -0.2) is 0 Å². The van der Waals surface area contributed by atoms with Gasteiger partial charge in [-0.2, -0.15) is 0 Å². The van der Waals surface area contributed by atoms with Crippen LogP contribution in [0.4, 0.5) is 5.82 Å². The first-order chi connectivity index (χ1) is 9.52. The van der Waals surface area contributed by atoms with Crippen LogP contribution in [-0.4, -0.2) is 34.5 Å². The van der Waals surface area contributed by atoms with Crippen molar-refractivity contribution in [2.75, 3.05) is 17.6 Å². The quantitative estimate of drug-likeness (QED) is 0.717. The zero-order chi connectivity index (χ0) is 15.0. The molecular weight excluding hydrogens is 278 g/mol. The first-order valence-corrected chi connectivity index (χ1v) is 7.70. The van der Waals surface area contributed by atoms with E-state index in [9.17, 15) is 9.59 Å². The zero-order valence-electron chi connectivity index (χ0n) is 12.1. The third-order valence-corrected chi connectivity index (χ3v) is 3.71. The van der Waals surface area contributed by atoms with E-state index in [1.54, 1.807) is 19.9 Å². The SMILES string of the molecule is CCCCNC(=O)CSC(C)C(=O)Nc1cc(C)on1. The molecule has 1 aromatic rings. The molecule has 112 valence electrons. The molecule has 20 heavy (non-hydrogen) atoms. The van der Waals surface area contributed by atoms with Gasteiger partial charge in [0.1, 0.15) is 5.76 Å². The van der Waals surface area contributed by atoms with E-state index in [0.29, 0.717) is 18.1 Å². The van der Waals surface area contributed by atoms with Gasteiger partial charge in [0.15, 0.2) is 5.82 Å². The molecule has 6 nitrogen and oxygen atoms in total. The molecule has 1 aromatic heterocycles. The highest BCUT2D eigenvalue weighted by Gasteiger charge is 2.16. The fraction of sp³-hybridized carbons (Fsp3) is 0.615. The van der Waals surface area contributed by atoms with Crippen LogP contribution in [0.25, 0.3) is 0 Å². The number of amides is 2. The summed E-state index contributed by atoms with van der Waals surface area (Å²) in [6, 6.07) is 1.65. The Morgan fingerprint density at radius 2 is 2.25 bits per heavy atom. The Hall–Kier alpha value is -1.50. The molecule has 0 aliphatic rings. The van der Waals surface area contributed by atoms with Crippen LogP contribution in [0.3, 0.4) is 0 Å². The number of carbonyl (C=O) groups excluding carboxylic acids is 2. The first-order valence-electron chi connectivity index (χ1n) is 6.65. The van der Waals surface area contributed by atoms with Crippen LogP contribution in [0.2, 0.25) is 0 Å². The lowest BCUT2D eigenvalue weighted by Crippen LogP contribution is -2.29. The first kappa shape index (κ1) is 16.6. The van der Waals surface area contributed by atoms with Gasteiger partial charge in [-0.1, -0.05) is 18.5 Å². The van der Waals surface area contributed by atoms with Crippen molar-refractivity contribution in [3.8, 4) is 0 Å². The molecule has 0 spiro atoms. The minimum atomic E-state index is -0.330. The van der Waals surface area contributed by atoms with Crippen LogP contribution in [0.15, 0.2) is 10.6 Å². The van der Waals surface area contributed by atoms with E-state index in [1.807, 2.05) is 0 Å². The molecule has 0 bridgehead atoms. The van der Waals surface area contributed by atoms with Gasteiger partial charge >= 0.3 is 0 Å². The van der Waals surface area contributed by atoms with E-state index >= 15 is 0 Å². The number of nitrogens with zero attached hydrogens (tertiary/aromatic N) is 1. The van der Waals surface area contributed by atoms with Crippen molar-refractivity contribution in [3.63, 3.8) is 0 Å². The monoisotopic (exact) mass is 299 g/mol. The summed E-state index contributed by atoms with van der Waals surface area (Å²) in [5, 5.41) is 8.81. The number of unbranched alkanes of at least 4 members (excludes halogenated alkanes) is 1. The molecule has 1 rings (SSSR count). The Morgan fingerprint density at radius 1 is 1.50 bits per heavy atom. The summed E-state index contributed by atoms with van der Waals surface area (Å²) >= 11 is 1.29. The number of aryl methyl sites for hydroxylation is 1. The number of thioether (sulfide) groups is 1. The lowest BCUT2D eigenvalue weighted by Gasteiger charge is -2.10. The van der Waals surface area contributed by atoms with Gasteiger partial charge in [-0.05, 0) is 20.3 Å². The summed E-state index contributed by atoms with van der Waals surface area (Å²) in [6.45, 7) is 6.27. The van der Waals surface area contributed by atoms with Gasteiger partial charge in [-0.15, -0.1) is 11.8 Å². The van der Waals surface area contributed by atoms with Crippen molar-refractivity contribution in [2.24, 2.45) is 0 Å². The van der Waals surface area contributed by atoms with E-state index < -0.39 is 0 Å². The highest BCUT2D eigenvalue weighted by molar-refractivity contribution is 8.01. The molecular formula is C13H21N3O3S. The molecule has 0 aromatic carbocycles. The van der Waals surface area contributed by atoms with Gasteiger partial charge in [0.05, 0.1) is 11.0 Å². The number of nitrogens with one attached hydrogen (secondary N) is 2. The van der Waals surface area contributed by atoms with Crippen molar-refractivity contribution in [1.29, 1.82) is 0 Å². The maximum Gasteiger partial charge on any atom is 0.238 e. The average Bonchev–Trinajstić information content (AvgIpc) is 2.81. The Labute approximate surface area is 123 Å². The summed E-state index contributed by atoms with van der Waals surface area (Å²) in [6.07, 6.45) is 2.02. The molecule has 1 heterocycles. The molecule has 2 amide bonds. The molecule has 0 radical (unpaired) electrons. The van der Waals surface area contributed by atoms with Crippen LogP contribution in [0, 0.1) is 6.92 Å². The summed E-state index contributed by atoms with van der Waals surface area (Å²) in [5.41, 5.74) is 0. The van der Waals surface area contributed by atoms with Gasteiger partial charge in [0.2, 0.25) is 11.8 Å². The predicted molar refractivity (Wildman–Crippen MR) is 79.7 cm³/mol. The normalized spacial score (nSPS) is 11.9. The predicted octanol–water partition coefficient (Wildman–Crippen LogP) is 1.96. The molecule has 0 aliphatic carbocycles. The minimum Gasteiger partial charge on any atom is -0.360 e. The second kappa shape index (κ2) is 8.63. The second-order valence-corrected chi connectivity index (χ2v) is 5.80. The summed E-state index contributed by atoms with van der Waals surface area (Å²) in [7, 11) is 0. The highest BCUT2D eigenvalue weighted by atomic mass is 32.2. The van der Waals surface area contributed by atoms with Gasteiger partial charge in [-0.3, -0.25) is 9.59 Å². The number of hydrogen-bond acceptors (Lipinski definition) is 5. The Morgan fingerprint density at radius 3 is 2.85 bits per heavy atom. The number of carbonyl (C=O) groups is 2. The summed E-state index contributed by atoms with van der Waals surface area (Å²) < 4.78 is 4.86. The molecule has 1 unspecified atom stereocenters. The van der Waals surface area contributed by atoms with Crippen LogP contribution in [0.1, 0.15) is 32.4 Å². The fourth-order valence-corrected chi connectivity index (χ4v) is 2.10. The lowest BCUT2D eigenvalue weighted by molar-refractivity contribution is -0.118. The topological polar surface area (TPSA) is 84.2 Å². The second-order valence-electron chi connectivity index (χ2n) is 4.47. The number of rotatable bonds is 8. The molecule has 0 fully saturated rings. The van der Waals surface area contributed by atoms with Crippen LogP contribution >= 0.6 is 11.8 Å². The van der Waals surface area contributed by atoms with Crippen LogP contribution in [-0.2, 0) is 9.59 Å². The van der Waals surface area contributed by atoms with Crippen molar-refractivity contribution in [3.05, 3.63) is 11.8 Å². The number of hydrogen-bond donors (Lipinski definition) is 2. The molecule has 0 aliphatic heterocycles. The summed E-state index contributed by atoms with van der Waals surface area (Å²) in [4.78, 5) is 23.4. The minimum absolute atomic E-state index is 0.0413. The van der Waals surface area contributed by atoms with Gasteiger partial charge in [0.25, 0.3) is 0 Å². The molecule has 1 atom stereocenters. The maximum absolute atomic E-state index is 11.8. The van der Waals surface area contributed by atoms with E-state index in [2.05, 4.69) is 22.7 Å². The maximum atomic E-state index is 11.8. The summed E-state index contributed by atoms with van der Waals surface area (Å²) in [5.74, 6) is 1.07. The lowest BCUT2D eigenvalue weighted by atomic mass is 10.3. The van der Waals surface area contributed by atoms with Crippen molar-refractivity contribution < 1.29 is 14.1 Å². The Bertz CT molecular complexity index is 448. The highest BCUT2D eigenvalue weighted by Crippen LogP contribution is 2.14. The Balaban J connectivity index is 2.26. The molecule has 2 N–H and O–H groups in total. The van der Waals surface area contributed by atoms with E-state index in [1.165, 1.54) is 11.8 Å². The van der Waals surface area contributed by atoms with E-state index in [0.717, 1.165) is 12.8 Å². The van der Waals surface area contributed by atoms with Crippen molar-refractivity contribution in [1.82, 2.24) is 10.5 Å². The molecule has 7 heteroatoms. The largest absolute Gasteiger partial charge is 0.360 e. The van der Waals surface area contributed by atoms with E-state index in [4.69, 9.17) is 4.52 Å². The Kier molecular flexibility index (Phi) is 7.14. The van der Waals surface area contributed by atoms with Crippen LogP contribution in [0.5, 0.6) is 0 Å². The molecule has 0 saturated heterocycles. The van der Waals surface area contributed by atoms with Crippen molar-refractivity contribution >= 4 is 29.4 Å². The van der Waals surface area contributed by atoms with Gasteiger partial charge < -0.3 is 15.2 Å². The average molecular weight is 299 g/mol. The van der Waals surface area contributed by atoms with Crippen molar-refractivity contribution in [2.45, 2.75) is 38.9 Å². The standard InChI is InChI=1S/C13H21N3O3S/c1-4-5-6-14-12(17)8-20-10(3)13(18)15-11-7-9(2)19-16-11/h7,10H,4-6,8H2,1-3H3,(H,14,17)(H,15,16,18). The fourth-order valence-electron chi connectivity index (χ4n) is 1.39.